The molecule has 2 amide bonds. The zero-order valence-corrected chi connectivity index (χ0v) is 15.6. The number of aromatic carboxylic acids is 1. The third kappa shape index (κ3) is 4.66. The van der Waals surface area contributed by atoms with E-state index < -0.39 is 17.8 Å². The number of nitrogens with one attached hydrogen (secondary N) is 2. The summed E-state index contributed by atoms with van der Waals surface area (Å²) in [5, 5.41) is 14.3. The lowest BCUT2D eigenvalue weighted by Gasteiger charge is -2.08. The minimum Gasteiger partial charge on any atom is -0.478 e. The number of amides is 2. The first-order valence-electron chi connectivity index (χ1n) is 8.24. The largest absolute Gasteiger partial charge is 0.478 e. The third-order valence-corrected chi connectivity index (χ3v) is 4.85. The van der Waals surface area contributed by atoms with Crippen molar-refractivity contribution in [3.8, 4) is 5.75 Å². The highest BCUT2D eigenvalue weighted by atomic mass is 32.1. The molecule has 0 saturated carbocycles. The lowest BCUT2D eigenvalue weighted by Crippen LogP contribution is -2.13. The van der Waals surface area contributed by atoms with Gasteiger partial charge in [-0.05, 0) is 36.4 Å². The van der Waals surface area contributed by atoms with Gasteiger partial charge in [-0.1, -0.05) is 24.3 Å². The van der Waals surface area contributed by atoms with Crippen LogP contribution in [0.4, 0.5) is 11.4 Å². The zero-order chi connectivity index (χ0) is 20.8. The number of carboxylic acids is 1. The maximum atomic E-state index is 12.5. The quantitative estimate of drug-likeness (QED) is 0.513. The molecule has 0 aliphatic heterocycles. The maximum absolute atomic E-state index is 12.5. The van der Waals surface area contributed by atoms with Crippen molar-refractivity contribution in [2.75, 3.05) is 10.6 Å². The van der Waals surface area contributed by atoms with E-state index >= 15 is 0 Å². The Labute approximate surface area is 168 Å². The molecule has 9 heteroatoms. The summed E-state index contributed by atoms with van der Waals surface area (Å²) >= 11 is 0.939. The van der Waals surface area contributed by atoms with Gasteiger partial charge in [0.2, 0.25) is 0 Å². The summed E-state index contributed by atoms with van der Waals surface area (Å²) in [5.41, 5.74) is 0.422. The Balaban J connectivity index is 1.74. The number of rotatable bonds is 7. The minimum absolute atomic E-state index is 0.0397. The number of benzene rings is 2. The Bertz CT molecular complexity index is 1090. The molecule has 3 N–H and O–H groups in total. The van der Waals surface area contributed by atoms with Gasteiger partial charge in [0.05, 0.1) is 26.7 Å². The number of anilines is 2. The zero-order valence-electron chi connectivity index (χ0n) is 14.7. The Hall–Kier alpha value is -3.98. The van der Waals surface area contributed by atoms with Gasteiger partial charge in [-0.3, -0.25) is 14.4 Å². The fourth-order valence-corrected chi connectivity index (χ4v) is 3.25. The van der Waals surface area contributed by atoms with Crippen LogP contribution in [0.5, 0.6) is 5.75 Å². The Morgan fingerprint density at radius 3 is 2.00 bits per heavy atom. The predicted octanol–water partition coefficient (Wildman–Crippen LogP) is 3.49. The molecular weight excluding hydrogens is 396 g/mol. The maximum Gasteiger partial charge on any atom is 0.337 e. The normalized spacial score (nSPS) is 10.1. The van der Waals surface area contributed by atoms with Crippen molar-refractivity contribution in [3.63, 3.8) is 0 Å². The molecule has 0 aliphatic carbocycles. The number of carbonyl (C=O) groups excluding carboxylic acids is 3. The number of ether oxygens (including phenoxy) is 1. The lowest BCUT2D eigenvalue weighted by atomic mass is 10.2. The highest BCUT2D eigenvalue weighted by molar-refractivity contribution is 7.16. The Kier molecular flexibility index (Phi) is 6.00. The molecule has 0 spiro atoms. The molecule has 146 valence electrons. The van der Waals surface area contributed by atoms with Crippen LogP contribution in [0, 0.1) is 0 Å². The van der Waals surface area contributed by atoms with Gasteiger partial charge in [-0.2, -0.15) is 0 Å². The van der Waals surface area contributed by atoms with Crippen molar-refractivity contribution in [1.29, 1.82) is 0 Å². The highest BCUT2D eigenvalue weighted by Crippen LogP contribution is 2.26. The molecule has 0 fully saturated rings. The van der Waals surface area contributed by atoms with E-state index in [-0.39, 0.29) is 33.2 Å². The first-order valence-corrected chi connectivity index (χ1v) is 9.05. The summed E-state index contributed by atoms with van der Waals surface area (Å²) in [6, 6.07) is 15.4. The van der Waals surface area contributed by atoms with Crippen LogP contribution in [0.15, 0.2) is 60.7 Å². The van der Waals surface area contributed by atoms with E-state index in [1.807, 2.05) is 0 Å². The van der Waals surface area contributed by atoms with E-state index in [4.69, 9.17) is 4.74 Å². The molecule has 2 aromatic carbocycles. The molecule has 1 aromatic heterocycles. The number of hydrogen-bond donors (Lipinski definition) is 3. The van der Waals surface area contributed by atoms with Crippen LogP contribution < -0.4 is 15.4 Å². The third-order valence-electron chi connectivity index (χ3n) is 3.77. The summed E-state index contributed by atoms with van der Waals surface area (Å²) in [6.07, 6.45) is 0. The van der Waals surface area contributed by atoms with Crippen molar-refractivity contribution in [2.24, 2.45) is 0 Å². The molecule has 29 heavy (non-hydrogen) atoms. The molecular formula is C20H14N2O6S. The number of para-hydroxylation sites is 3. The van der Waals surface area contributed by atoms with Crippen LogP contribution >= 0.6 is 11.3 Å². The van der Waals surface area contributed by atoms with Crippen molar-refractivity contribution >= 4 is 47.0 Å². The van der Waals surface area contributed by atoms with Crippen LogP contribution in [0.25, 0.3) is 0 Å². The van der Waals surface area contributed by atoms with Gasteiger partial charge in [-0.25, -0.2) is 4.79 Å². The number of carboxylic acid groups (broad SMARTS) is 1. The molecule has 3 aromatic rings. The summed E-state index contributed by atoms with van der Waals surface area (Å²) in [5.74, 6) is -1.99. The molecule has 0 aliphatic rings. The molecule has 0 unspecified atom stereocenters. The minimum atomic E-state index is -1.16. The predicted molar refractivity (Wildman–Crippen MR) is 107 cm³/mol. The van der Waals surface area contributed by atoms with Crippen LogP contribution in [0.1, 0.15) is 29.7 Å². The van der Waals surface area contributed by atoms with Gasteiger partial charge in [0, 0.05) is 0 Å². The van der Waals surface area contributed by atoms with E-state index in [2.05, 4.69) is 10.6 Å². The van der Waals surface area contributed by atoms with Crippen molar-refractivity contribution in [2.45, 2.75) is 0 Å². The van der Waals surface area contributed by atoms with Gasteiger partial charge < -0.3 is 20.5 Å². The van der Waals surface area contributed by atoms with Crippen molar-refractivity contribution in [3.05, 3.63) is 76.0 Å². The Morgan fingerprint density at radius 1 is 0.828 bits per heavy atom. The molecule has 0 atom stereocenters. The molecule has 0 bridgehead atoms. The van der Waals surface area contributed by atoms with E-state index in [1.54, 1.807) is 30.3 Å². The molecule has 8 nitrogen and oxygen atoms in total. The van der Waals surface area contributed by atoms with Crippen molar-refractivity contribution in [1.82, 2.24) is 0 Å². The summed E-state index contributed by atoms with van der Waals surface area (Å²) in [7, 11) is 0. The van der Waals surface area contributed by atoms with E-state index in [0.717, 1.165) is 11.3 Å². The summed E-state index contributed by atoms with van der Waals surface area (Å²) < 4.78 is 4.81. The Morgan fingerprint density at radius 2 is 1.38 bits per heavy atom. The fourth-order valence-electron chi connectivity index (χ4n) is 2.45. The average Bonchev–Trinajstić information content (AvgIpc) is 3.20. The first kappa shape index (κ1) is 19.8. The lowest BCUT2D eigenvalue weighted by molar-refractivity contribution is -0.120. The topological polar surface area (TPSA) is 122 Å². The van der Waals surface area contributed by atoms with E-state index in [9.17, 15) is 24.3 Å². The second kappa shape index (κ2) is 8.81. The fraction of sp³-hybridized carbons (Fsp3) is 0. The number of thiophene rings is 1. The first-order chi connectivity index (χ1) is 14.0. The smallest absolute Gasteiger partial charge is 0.337 e. The van der Waals surface area contributed by atoms with E-state index in [1.165, 1.54) is 30.3 Å². The van der Waals surface area contributed by atoms with Gasteiger partial charge in [-0.15, -0.1) is 11.3 Å². The highest BCUT2D eigenvalue weighted by Gasteiger charge is 2.17. The van der Waals surface area contributed by atoms with Gasteiger partial charge in [0.25, 0.3) is 18.3 Å². The van der Waals surface area contributed by atoms with E-state index in [0.29, 0.717) is 5.69 Å². The van der Waals surface area contributed by atoms with Crippen molar-refractivity contribution < 1.29 is 29.0 Å². The number of hydrogen-bond acceptors (Lipinski definition) is 6. The SMILES string of the molecule is O=COc1ccccc1NC(=O)c1ccc(C(=O)Nc2ccccc2C(=O)O)s1. The van der Waals surface area contributed by atoms with Crippen LogP contribution in [0.3, 0.4) is 0 Å². The summed E-state index contributed by atoms with van der Waals surface area (Å²) in [4.78, 5) is 47.2. The summed E-state index contributed by atoms with van der Waals surface area (Å²) in [6.45, 7) is 0.257. The number of carbonyl (C=O) groups is 4. The molecule has 1 heterocycles. The molecule has 0 saturated heterocycles. The second-order valence-electron chi connectivity index (χ2n) is 5.63. The van der Waals surface area contributed by atoms with Crippen LogP contribution in [-0.4, -0.2) is 29.4 Å². The molecule has 3 rings (SSSR count). The monoisotopic (exact) mass is 410 g/mol. The molecule has 0 radical (unpaired) electrons. The standard InChI is InChI=1S/C20H14N2O6S/c23-11-28-15-8-4-3-7-14(15)22-19(25)17-10-9-16(29-17)18(24)21-13-6-2-1-5-12(13)20(26)27/h1-11H,(H,21,24)(H,22,25)(H,26,27). The van der Waals surface area contributed by atoms with Crippen LogP contribution in [-0.2, 0) is 4.79 Å². The van der Waals surface area contributed by atoms with Gasteiger partial charge in [0.15, 0.2) is 5.75 Å². The van der Waals surface area contributed by atoms with Crippen LogP contribution in [0.2, 0.25) is 0 Å². The van der Waals surface area contributed by atoms with Gasteiger partial charge >= 0.3 is 5.97 Å². The second-order valence-corrected chi connectivity index (χ2v) is 6.72. The van der Waals surface area contributed by atoms with Gasteiger partial charge in [0.1, 0.15) is 0 Å². The average molecular weight is 410 g/mol.